The maximum atomic E-state index is 13.9. The number of nitrogens with zero attached hydrogens (tertiary/aromatic N) is 2. The molecule has 2 aliphatic rings. The number of carbonyl (C=O) groups excluding carboxylic acids is 1. The smallest absolute Gasteiger partial charge is 0.350 e. The molecule has 1 aliphatic carbocycles. The summed E-state index contributed by atoms with van der Waals surface area (Å²) in [6.07, 6.45) is -5.43. The second kappa shape index (κ2) is 9.87. The molecule has 34 heavy (non-hydrogen) atoms. The number of piperazine rings is 1. The van der Waals surface area contributed by atoms with Crippen LogP contribution in [0.1, 0.15) is 48.5 Å². The van der Waals surface area contributed by atoms with Crippen LogP contribution in [0.4, 0.5) is 22.0 Å². The van der Waals surface area contributed by atoms with E-state index in [1.165, 1.54) is 10.4 Å². The first-order valence-corrected chi connectivity index (χ1v) is 12.9. The zero-order valence-corrected chi connectivity index (χ0v) is 20.2. The summed E-state index contributed by atoms with van der Waals surface area (Å²) in [6, 6.07) is 3.02. The molecule has 0 radical (unpaired) electrons. The molecule has 13 heteroatoms. The van der Waals surface area contributed by atoms with Gasteiger partial charge in [0.05, 0.1) is 21.9 Å². The summed E-state index contributed by atoms with van der Waals surface area (Å²) >= 11 is 5.85. The van der Waals surface area contributed by atoms with Crippen molar-refractivity contribution in [1.29, 1.82) is 0 Å². The minimum atomic E-state index is -4.73. The summed E-state index contributed by atoms with van der Waals surface area (Å²) in [7, 11) is -3.39. The highest BCUT2D eigenvalue weighted by atomic mass is 35.5. The van der Waals surface area contributed by atoms with Gasteiger partial charge in [0.1, 0.15) is 0 Å². The van der Waals surface area contributed by atoms with Crippen molar-refractivity contribution < 1.29 is 35.2 Å². The lowest BCUT2D eigenvalue weighted by molar-refractivity contribution is -0.137. The number of halogens is 6. The lowest BCUT2D eigenvalue weighted by atomic mass is 9.78. The van der Waals surface area contributed by atoms with Gasteiger partial charge in [-0.3, -0.25) is 9.69 Å². The Labute approximate surface area is 200 Å². The standard InChI is InChI=1S/C21H27ClF5N3O3S/c1-2-34(32,33)30-12-10-29(11-13-30)19(6-8-20(23,24)9-7-19)14-28-18(31)15-4-3-5-16(17(15)22)21(25,26)27/h3-5H,2,6-14H2,1H3,(H,28,31). The number of nitrogens with one attached hydrogen (secondary N) is 1. The molecule has 1 N–H and O–H groups in total. The van der Waals surface area contributed by atoms with Gasteiger partial charge < -0.3 is 5.32 Å². The third kappa shape index (κ3) is 5.83. The Morgan fingerprint density at radius 2 is 1.68 bits per heavy atom. The highest BCUT2D eigenvalue weighted by Crippen LogP contribution is 2.42. The van der Waals surface area contributed by atoms with Gasteiger partial charge in [-0.1, -0.05) is 17.7 Å². The zero-order chi connectivity index (χ0) is 25.4. The van der Waals surface area contributed by atoms with Crippen LogP contribution in [-0.4, -0.2) is 73.5 Å². The molecule has 6 nitrogen and oxygen atoms in total. The summed E-state index contributed by atoms with van der Waals surface area (Å²) in [5.41, 5.74) is -2.36. The molecule has 1 aromatic rings. The molecule has 0 aromatic heterocycles. The molecule has 1 heterocycles. The lowest BCUT2D eigenvalue weighted by Gasteiger charge is -2.50. The van der Waals surface area contributed by atoms with Crippen molar-refractivity contribution in [3.63, 3.8) is 0 Å². The Balaban J connectivity index is 1.77. The van der Waals surface area contributed by atoms with Crippen LogP contribution >= 0.6 is 11.6 Å². The molecule has 0 atom stereocenters. The summed E-state index contributed by atoms with van der Waals surface area (Å²) < 4.78 is 93.0. The largest absolute Gasteiger partial charge is 0.417 e. The van der Waals surface area contributed by atoms with Gasteiger partial charge in [-0.15, -0.1) is 0 Å². The van der Waals surface area contributed by atoms with Gasteiger partial charge >= 0.3 is 6.18 Å². The highest BCUT2D eigenvalue weighted by molar-refractivity contribution is 7.89. The molecule has 0 spiro atoms. The molecule has 1 saturated carbocycles. The second-order valence-corrected chi connectivity index (χ2v) is 11.4. The van der Waals surface area contributed by atoms with Crippen LogP contribution in [0, 0.1) is 0 Å². The normalized spacial score (nSPS) is 21.9. The molecule has 0 bridgehead atoms. The SMILES string of the molecule is CCS(=O)(=O)N1CCN(C2(CNC(=O)c3cccc(C(F)(F)F)c3Cl)CCC(F)(F)CC2)CC1. The molecule has 0 unspecified atom stereocenters. The van der Waals surface area contributed by atoms with Crippen molar-refractivity contribution >= 4 is 27.5 Å². The summed E-state index contributed by atoms with van der Waals surface area (Å²) in [6.45, 7) is 2.45. The van der Waals surface area contributed by atoms with E-state index in [4.69, 9.17) is 11.6 Å². The number of amides is 1. The molecular formula is C21H27ClF5N3O3S. The number of carbonyl (C=O) groups is 1. The van der Waals surface area contributed by atoms with Crippen LogP contribution in [0.3, 0.4) is 0 Å². The summed E-state index contributed by atoms with van der Waals surface area (Å²) in [4.78, 5) is 14.7. The van der Waals surface area contributed by atoms with E-state index in [2.05, 4.69) is 5.32 Å². The maximum Gasteiger partial charge on any atom is 0.417 e. The number of hydrogen-bond donors (Lipinski definition) is 1. The van der Waals surface area contributed by atoms with Crippen LogP contribution in [0.2, 0.25) is 5.02 Å². The van der Waals surface area contributed by atoms with E-state index < -0.39 is 57.0 Å². The van der Waals surface area contributed by atoms with Crippen molar-refractivity contribution in [3.05, 3.63) is 34.3 Å². The Morgan fingerprint density at radius 3 is 2.21 bits per heavy atom. The molecule has 1 aliphatic heterocycles. The van der Waals surface area contributed by atoms with E-state index in [-0.39, 0.29) is 43.8 Å². The van der Waals surface area contributed by atoms with E-state index in [0.717, 1.165) is 12.1 Å². The van der Waals surface area contributed by atoms with Crippen LogP contribution in [-0.2, 0) is 16.2 Å². The quantitative estimate of drug-likeness (QED) is 0.563. The van der Waals surface area contributed by atoms with Crippen molar-refractivity contribution in [2.24, 2.45) is 0 Å². The van der Waals surface area contributed by atoms with E-state index in [0.29, 0.717) is 13.1 Å². The van der Waals surface area contributed by atoms with E-state index in [9.17, 15) is 35.2 Å². The van der Waals surface area contributed by atoms with Gasteiger partial charge in [-0.2, -0.15) is 17.5 Å². The van der Waals surface area contributed by atoms with Crippen molar-refractivity contribution in [3.8, 4) is 0 Å². The Kier molecular flexibility index (Phi) is 7.86. The van der Waals surface area contributed by atoms with Crippen LogP contribution < -0.4 is 5.32 Å². The third-order valence-electron chi connectivity index (χ3n) is 6.71. The number of alkyl halides is 5. The second-order valence-electron chi connectivity index (χ2n) is 8.71. The van der Waals surface area contributed by atoms with Gasteiger partial charge in [0, 0.05) is 51.1 Å². The summed E-state index contributed by atoms with van der Waals surface area (Å²) in [5, 5.41) is 1.87. The minimum absolute atomic E-state index is 0.0435. The van der Waals surface area contributed by atoms with Crippen molar-refractivity contribution in [2.45, 2.75) is 50.2 Å². The van der Waals surface area contributed by atoms with Gasteiger partial charge in [0.2, 0.25) is 15.9 Å². The summed E-state index contributed by atoms with van der Waals surface area (Å²) in [5.74, 6) is -3.72. The first kappa shape index (κ1) is 27.1. The number of benzene rings is 1. The molecular weight excluding hydrogens is 505 g/mol. The van der Waals surface area contributed by atoms with Gasteiger partial charge in [0.15, 0.2) is 0 Å². The maximum absolute atomic E-state index is 13.9. The fraction of sp³-hybridized carbons (Fsp3) is 0.667. The van der Waals surface area contributed by atoms with Gasteiger partial charge in [-0.25, -0.2) is 17.2 Å². The van der Waals surface area contributed by atoms with E-state index in [1.54, 1.807) is 6.92 Å². The van der Waals surface area contributed by atoms with Crippen molar-refractivity contribution in [2.75, 3.05) is 38.5 Å². The Hall–Kier alpha value is -1.50. The average Bonchev–Trinajstić information content (AvgIpc) is 2.78. The predicted molar refractivity (Wildman–Crippen MR) is 118 cm³/mol. The van der Waals surface area contributed by atoms with Gasteiger partial charge in [0.25, 0.3) is 5.91 Å². The fourth-order valence-corrected chi connectivity index (χ4v) is 5.98. The topological polar surface area (TPSA) is 69.7 Å². The fourth-order valence-electron chi connectivity index (χ4n) is 4.58. The molecule has 3 rings (SSSR count). The monoisotopic (exact) mass is 531 g/mol. The molecule has 1 aromatic carbocycles. The first-order valence-electron chi connectivity index (χ1n) is 11.0. The number of sulfonamides is 1. The van der Waals surface area contributed by atoms with Crippen molar-refractivity contribution in [1.82, 2.24) is 14.5 Å². The Morgan fingerprint density at radius 1 is 1.09 bits per heavy atom. The zero-order valence-electron chi connectivity index (χ0n) is 18.6. The van der Waals surface area contributed by atoms with E-state index >= 15 is 0 Å². The molecule has 1 saturated heterocycles. The van der Waals surface area contributed by atoms with Gasteiger partial charge in [-0.05, 0) is 31.9 Å². The lowest BCUT2D eigenvalue weighted by Crippen LogP contribution is -2.63. The van der Waals surface area contributed by atoms with Crippen LogP contribution in [0.5, 0.6) is 0 Å². The van der Waals surface area contributed by atoms with Crippen LogP contribution in [0.25, 0.3) is 0 Å². The predicted octanol–water partition coefficient (Wildman–Crippen LogP) is 4.00. The highest BCUT2D eigenvalue weighted by Gasteiger charge is 2.48. The van der Waals surface area contributed by atoms with E-state index in [1.807, 2.05) is 4.90 Å². The first-order chi connectivity index (χ1) is 15.7. The number of hydrogen-bond acceptors (Lipinski definition) is 4. The minimum Gasteiger partial charge on any atom is -0.350 e. The Bertz CT molecular complexity index is 1000. The molecule has 2 fully saturated rings. The molecule has 1 amide bonds. The third-order valence-corrected chi connectivity index (χ3v) is 9.00. The average molecular weight is 532 g/mol. The molecule has 192 valence electrons. The number of rotatable bonds is 6. The van der Waals surface area contributed by atoms with Crippen LogP contribution in [0.15, 0.2) is 18.2 Å².